The zero-order chi connectivity index (χ0) is 26.3. The molecule has 0 aliphatic carbocycles. The van der Waals surface area contributed by atoms with Crippen molar-refractivity contribution < 1.29 is 19.1 Å². The summed E-state index contributed by atoms with van der Waals surface area (Å²) >= 11 is 6.26. The minimum Gasteiger partial charge on any atom is -0.444 e. The van der Waals surface area contributed by atoms with Crippen LogP contribution in [0.1, 0.15) is 27.7 Å². The highest BCUT2D eigenvalue weighted by molar-refractivity contribution is 6.30. The van der Waals surface area contributed by atoms with Crippen LogP contribution in [-0.2, 0) is 14.3 Å². The van der Waals surface area contributed by atoms with Crippen LogP contribution in [0.5, 0.6) is 0 Å². The minimum absolute atomic E-state index is 0.01000. The van der Waals surface area contributed by atoms with Crippen molar-refractivity contribution in [3.63, 3.8) is 0 Å². The Hall–Kier alpha value is -3.44. The molecule has 0 saturated carbocycles. The Labute approximate surface area is 219 Å². The fourth-order valence-electron chi connectivity index (χ4n) is 4.69. The summed E-state index contributed by atoms with van der Waals surface area (Å²) in [6.07, 6.45) is 4.66. The highest BCUT2D eigenvalue weighted by Gasteiger charge is 2.34. The van der Waals surface area contributed by atoms with Gasteiger partial charge in [-0.15, -0.1) is 0 Å². The molecule has 37 heavy (non-hydrogen) atoms. The molecule has 1 unspecified atom stereocenters. The van der Waals surface area contributed by atoms with Gasteiger partial charge < -0.3 is 24.2 Å². The number of ether oxygens (including phenoxy) is 2. The summed E-state index contributed by atoms with van der Waals surface area (Å²) in [6, 6.07) is 3.39. The van der Waals surface area contributed by atoms with Crippen molar-refractivity contribution in [2.75, 3.05) is 49.2 Å². The van der Waals surface area contributed by atoms with Gasteiger partial charge in [0.25, 0.3) is 5.91 Å². The van der Waals surface area contributed by atoms with Crippen LogP contribution in [0.15, 0.2) is 30.9 Å². The number of aromatic nitrogens is 4. The van der Waals surface area contributed by atoms with Crippen molar-refractivity contribution in [3.05, 3.63) is 35.9 Å². The Morgan fingerprint density at radius 1 is 1.19 bits per heavy atom. The molecule has 2 saturated heterocycles. The van der Waals surface area contributed by atoms with Gasteiger partial charge in [-0.25, -0.2) is 19.7 Å². The number of carbonyl (C=O) groups is 2. The van der Waals surface area contributed by atoms with Crippen molar-refractivity contribution in [2.45, 2.75) is 39.3 Å². The van der Waals surface area contributed by atoms with Crippen molar-refractivity contribution in [2.24, 2.45) is 0 Å². The number of pyridine rings is 1. The van der Waals surface area contributed by atoms with E-state index in [1.165, 1.54) is 6.33 Å². The third kappa shape index (κ3) is 5.05. The van der Waals surface area contributed by atoms with Gasteiger partial charge in [-0.3, -0.25) is 9.36 Å². The van der Waals surface area contributed by atoms with Gasteiger partial charge in [0.2, 0.25) is 0 Å². The topological polar surface area (TPSA) is 106 Å². The van der Waals surface area contributed by atoms with Crippen molar-refractivity contribution >= 4 is 46.1 Å². The van der Waals surface area contributed by atoms with Crippen LogP contribution in [-0.4, -0.2) is 87.5 Å². The van der Waals surface area contributed by atoms with Gasteiger partial charge in [-0.2, -0.15) is 0 Å². The first-order valence-electron chi connectivity index (χ1n) is 12.2. The van der Waals surface area contributed by atoms with E-state index < -0.39 is 5.60 Å². The first-order valence-corrected chi connectivity index (χ1v) is 12.6. The standard InChI is InChI=1S/C25H30ClN7O4/c1-16-12-30(24(35)37-25(2,3)4)7-8-31(16)22-21-18(32-9-10-36-14-20(32)34)13-33(23(21)29-15-28-22)19-11-17(26)5-6-27-19/h5-6,11,13,15-16H,7-10,12,14H2,1-4H3. The SMILES string of the molecule is CC1CN(C(=O)OC(C)(C)C)CCN1c1ncnc2c1c(N1CCOCC1=O)cn2-c1cc(Cl)ccn1. The molecule has 3 aromatic heterocycles. The van der Waals surface area contributed by atoms with Crippen molar-refractivity contribution in [1.82, 2.24) is 24.4 Å². The average Bonchev–Trinajstić information content (AvgIpc) is 3.23. The molecule has 12 heteroatoms. The molecule has 0 bridgehead atoms. The highest BCUT2D eigenvalue weighted by Crippen LogP contribution is 2.38. The summed E-state index contributed by atoms with van der Waals surface area (Å²) in [4.78, 5) is 44.8. The molecule has 2 amide bonds. The number of fused-ring (bicyclic) bond motifs is 1. The molecular weight excluding hydrogens is 498 g/mol. The van der Waals surface area contributed by atoms with Gasteiger partial charge in [0.15, 0.2) is 5.65 Å². The molecule has 5 rings (SSSR count). The molecule has 11 nitrogen and oxygen atoms in total. The lowest BCUT2D eigenvalue weighted by Gasteiger charge is -2.41. The van der Waals surface area contributed by atoms with Gasteiger partial charge in [0.1, 0.15) is 30.2 Å². The van der Waals surface area contributed by atoms with Crippen LogP contribution in [0.25, 0.3) is 16.9 Å². The van der Waals surface area contributed by atoms with Crippen LogP contribution in [0, 0.1) is 0 Å². The summed E-state index contributed by atoms with van der Waals surface area (Å²) in [6.45, 7) is 9.97. The van der Waals surface area contributed by atoms with E-state index in [4.69, 9.17) is 21.1 Å². The van der Waals surface area contributed by atoms with E-state index in [0.29, 0.717) is 60.8 Å². The number of piperazine rings is 1. The maximum absolute atomic E-state index is 12.9. The fourth-order valence-corrected chi connectivity index (χ4v) is 4.84. The molecule has 2 aliphatic heterocycles. The number of rotatable bonds is 3. The Bertz CT molecular complexity index is 1340. The van der Waals surface area contributed by atoms with Gasteiger partial charge in [0.05, 0.1) is 17.7 Å². The Morgan fingerprint density at radius 2 is 2.00 bits per heavy atom. The summed E-state index contributed by atoms with van der Waals surface area (Å²) in [7, 11) is 0. The largest absolute Gasteiger partial charge is 0.444 e. The zero-order valence-corrected chi connectivity index (χ0v) is 22.1. The van der Waals surface area contributed by atoms with Crippen LogP contribution >= 0.6 is 11.6 Å². The van der Waals surface area contributed by atoms with E-state index in [2.05, 4.69) is 19.9 Å². The maximum atomic E-state index is 12.9. The summed E-state index contributed by atoms with van der Waals surface area (Å²) in [5, 5.41) is 1.27. The molecule has 0 N–H and O–H groups in total. The lowest BCUT2D eigenvalue weighted by atomic mass is 10.1. The minimum atomic E-state index is -0.562. The predicted molar refractivity (Wildman–Crippen MR) is 139 cm³/mol. The van der Waals surface area contributed by atoms with Crippen LogP contribution < -0.4 is 9.80 Å². The second kappa shape index (κ2) is 9.79. The summed E-state index contributed by atoms with van der Waals surface area (Å²) < 4.78 is 12.8. The van der Waals surface area contributed by atoms with Crippen LogP contribution in [0.2, 0.25) is 5.02 Å². The van der Waals surface area contributed by atoms with E-state index in [-0.39, 0.29) is 24.6 Å². The normalized spacial score (nSPS) is 19.0. The van der Waals surface area contributed by atoms with Gasteiger partial charge in [-0.05, 0) is 33.8 Å². The number of morpholine rings is 1. The second-order valence-electron chi connectivity index (χ2n) is 10.2. The van der Waals surface area contributed by atoms with E-state index in [1.807, 2.05) is 38.5 Å². The molecular formula is C25H30ClN7O4. The molecule has 0 aromatic carbocycles. The molecule has 2 aliphatic rings. The summed E-state index contributed by atoms with van der Waals surface area (Å²) in [5.74, 6) is 1.13. The number of halogens is 1. The number of hydrogen-bond donors (Lipinski definition) is 0. The molecule has 196 valence electrons. The zero-order valence-electron chi connectivity index (χ0n) is 21.3. The van der Waals surface area contributed by atoms with Gasteiger partial charge in [0, 0.05) is 55.7 Å². The van der Waals surface area contributed by atoms with E-state index >= 15 is 0 Å². The number of anilines is 2. The Morgan fingerprint density at radius 3 is 2.70 bits per heavy atom. The van der Waals surface area contributed by atoms with E-state index in [1.54, 1.807) is 28.1 Å². The Balaban J connectivity index is 1.56. The molecule has 1 atom stereocenters. The monoisotopic (exact) mass is 527 g/mol. The van der Waals surface area contributed by atoms with Crippen LogP contribution in [0.4, 0.5) is 16.3 Å². The number of nitrogens with zero attached hydrogens (tertiary/aromatic N) is 7. The van der Waals surface area contributed by atoms with Crippen molar-refractivity contribution in [1.29, 1.82) is 0 Å². The first kappa shape index (κ1) is 25.2. The maximum Gasteiger partial charge on any atom is 0.410 e. The van der Waals surface area contributed by atoms with Gasteiger partial charge in [-0.1, -0.05) is 11.6 Å². The average molecular weight is 528 g/mol. The van der Waals surface area contributed by atoms with Crippen LogP contribution in [0.3, 0.4) is 0 Å². The fraction of sp³-hybridized carbons (Fsp3) is 0.480. The number of amides is 2. The van der Waals surface area contributed by atoms with Crippen molar-refractivity contribution in [3.8, 4) is 5.82 Å². The highest BCUT2D eigenvalue weighted by atomic mass is 35.5. The first-order chi connectivity index (χ1) is 17.6. The molecule has 0 spiro atoms. The Kier molecular flexibility index (Phi) is 6.67. The van der Waals surface area contributed by atoms with E-state index in [0.717, 1.165) is 5.39 Å². The molecule has 0 radical (unpaired) electrons. The predicted octanol–water partition coefficient (Wildman–Crippen LogP) is 3.28. The molecule has 3 aromatic rings. The lowest BCUT2D eigenvalue weighted by Crippen LogP contribution is -2.55. The molecule has 5 heterocycles. The van der Waals surface area contributed by atoms with E-state index in [9.17, 15) is 9.59 Å². The van der Waals surface area contributed by atoms with Gasteiger partial charge >= 0.3 is 6.09 Å². The number of hydrogen-bond acceptors (Lipinski definition) is 8. The quantitative estimate of drug-likeness (QED) is 0.511. The smallest absolute Gasteiger partial charge is 0.410 e. The third-order valence-corrected chi connectivity index (χ3v) is 6.56. The second-order valence-corrected chi connectivity index (χ2v) is 10.6. The molecule has 2 fully saturated rings. The third-order valence-electron chi connectivity index (χ3n) is 6.33. The number of carbonyl (C=O) groups excluding carboxylic acids is 2. The summed E-state index contributed by atoms with van der Waals surface area (Å²) in [5.41, 5.74) is 0.728. The lowest BCUT2D eigenvalue weighted by molar-refractivity contribution is -0.125.